The molecule has 2 aliphatic heterocycles. The van der Waals surface area contributed by atoms with Crippen LogP contribution in [0.15, 0.2) is 0 Å². The van der Waals surface area contributed by atoms with E-state index in [1.54, 1.807) is 7.11 Å². The van der Waals surface area contributed by atoms with Crippen LogP contribution in [0.2, 0.25) is 18.1 Å². The van der Waals surface area contributed by atoms with Gasteiger partial charge in [0.05, 0.1) is 24.4 Å². The van der Waals surface area contributed by atoms with E-state index in [1.807, 2.05) is 0 Å². The zero-order valence-electron chi connectivity index (χ0n) is 16.3. The normalized spacial score (nSPS) is 39.7. The Morgan fingerprint density at radius 1 is 0.957 bits per heavy atom. The molecule has 5 atom stereocenters. The van der Waals surface area contributed by atoms with E-state index in [4.69, 9.17) is 18.6 Å². The molecule has 1 spiro atoms. The lowest BCUT2D eigenvalue weighted by atomic mass is 9.90. The predicted octanol–water partition coefficient (Wildman–Crippen LogP) is 4.49. The van der Waals surface area contributed by atoms with Crippen molar-refractivity contribution < 1.29 is 18.6 Å². The largest absolute Gasteiger partial charge is 0.414 e. The minimum Gasteiger partial charge on any atom is -0.414 e. The Hall–Kier alpha value is 0.0569. The molecule has 0 saturated carbocycles. The summed E-state index contributed by atoms with van der Waals surface area (Å²) in [5, 5.41) is 0.220. The van der Waals surface area contributed by atoms with Crippen molar-refractivity contribution >= 4 is 8.32 Å². The standard InChI is InChI=1S/C18H36O4Si/c1-13-9-15(19-6)11-18(20-13)12-16(10-14(2)21-18)22-23(7,8)17(3,4)5/h13-16H,9-12H2,1-8H3/t13-,14+,15+,16+,18+/m1/s1. The average molecular weight is 345 g/mol. The first-order valence-corrected chi connectivity index (χ1v) is 11.9. The van der Waals surface area contributed by atoms with Gasteiger partial charge in [0, 0.05) is 20.0 Å². The van der Waals surface area contributed by atoms with Gasteiger partial charge in [-0.25, -0.2) is 0 Å². The Morgan fingerprint density at radius 3 is 1.91 bits per heavy atom. The lowest BCUT2D eigenvalue weighted by Crippen LogP contribution is -2.56. The Balaban J connectivity index is 2.12. The second-order valence-corrected chi connectivity index (χ2v) is 13.8. The highest BCUT2D eigenvalue weighted by Gasteiger charge is 2.49. The van der Waals surface area contributed by atoms with Gasteiger partial charge in [-0.15, -0.1) is 0 Å². The minimum atomic E-state index is -1.79. The van der Waals surface area contributed by atoms with Gasteiger partial charge in [-0.1, -0.05) is 20.8 Å². The third kappa shape index (κ3) is 4.57. The molecule has 0 aromatic carbocycles. The fourth-order valence-electron chi connectivity index (χ4n) is 3.60. The number of hydrogen-bond donors (Lipinski definition) is 0. The molecule has 0 aromatic rings. The summed E-state index contributed by atoms with van der Waals surface area (Å²) in [4.78, 5) is 0. The van der Waals surface area contributed by atoms with E-state index < -0.39 is 14.1 Å². The van der Waals surface area contributed by atoms with Crippen LogP contribution in [0, 0.1) is 0 Å². The van der Waals surface area contributed by atoms with Crippen LogP contribution in [0.25, 0.3) is 0 Å². The summed E-state index contributed by atoms with van der Waals surface area (Å²) < 4.78 is 24.9. The topological polar surface area (TPSA) is 36.9 Å². The molecule has 0 N–H and O–H groups in total. The Labute approximate surface area is 143 Å². The fourth-order valence-corrected chi connectivity index (χ4v) is 4.96. The highest BCUT2D eigenvalue weighted by atomic mass is 28.4. The van der Waals surface area contributed by atoms with Crippen molar-refractivity contribution in [3.63, 3.8) is 0 Å². The van der Waals surface area contributed by atoms with E-state index in [0.717, 1.165) is 25.7 Å². The summed E-state index contributed by atoms with van der Waals surface area (Å²) in [6.07, 6.45) is 4.23. The minimum absolute atomic E-state index is 0.154. The van der Waals surface area contributed by atoms with Crippen LogP contribution >= 0.6 is 0 Å². The third-order valence-corrected chi connectivity index (χ3v) is 10.2. The highest BCUT2D eigenvalue weighted by Crippen LogP contribution is 2.44. The van der Waals surface area contributed by atoms with Gasteiger partial charge in [-0.05, 0) is 44.8 Å². The van der Waals surface area contributed by atoms with Crippen molar-refractivity contribution in [1.29, 1.82) is 0 Å². The smallest absolute Gasteiger partial charge is 0.192 e. The predicted molar refractivity (Wildman–Crippen MR) is 95.2 cm³/mol. The monoisotopic (exact) mass is 344 g/mol. The van der Waals surface area contributed by atoms with Crippen LogP contribution in [-0.2, 0) is 18.6 Å². The van der Waals surface area contributed by atoms with Crippen LogP contribution in [0.1, 0.15) is 60.3 Å². The first kappa shape index (κ1) is 19.4. The van der Waals surface area contributed by atoms with E-state index >= 15 is 0 Å². The molecule has 0 aliphatic carbocycles. The number of rotatable bonds is 3. The van der Waals surface area contributed by atoms with Crippen molar-refractivity contribution in [3.8, 4) is 0 Å². The molecule has 0 unspecified atom stereocenters. The van der Waals surface area contributed by atoms with Crippen molar-refractivity contribution in [1.82, 2.24) is 0 Å². The number of ether oxygens (including phenoxy) is 3. The molecular weight excluding hydrogens is 308 g/mol. The molecule has 2 rings (SSSR count). The zero-order chi connectivity index (χ0) is 17.5. The average Bonchev–Trinajstić information content (AvgIpc) is 2.34. The van der Waals surface area contributed by atoms with E-state index in [9.17, 15) is 0 Å². The zero-order valence-corrected chi connectivity index (χ0v) is 17.3. The van der Waals surface area contributed by atoms with E-state index in [2.05, 4.69) is 47.7 Å². The molecule has 0 radical (unpaired) electrons. The molecule has 2 aliphatic rings. The SMILES string of the molecule is CO[C@H]1C[C@@H](C)O[C@]2(C1)C[C@@H](O[Si](C)(C)C(C)(C)C)C[C@H](C)O2. The Morgan fingerprint density at radius 2 is 1.43 bits per heavy atom. The van der Waals surface area contributed by atoms with Crippen molar-refractivity contribution in [2.45, 2.75) is 109 Å². The third-order valence-electron chi connectivity index (χ3n) is 5.70. The summed E-state index contributed by atoms with van der Waals surface area (Å²) in [6.45, 7) is 15.8. The van der Waals surface area contributed by atoms with Crippen molar-refractivity contribution in [3.05, 3.63) is 0 Å². The van der Waals surface area contributed by atoms with Crippen LogP contribution in [0.3, 0.4) is 0 Å². The summed E-state index contributed by atoms with van der Waals surface area (Å²) in [7, 11) is -0.00278. The van der Waals surface area contributed by atoms with Gasteiger partial charge in [0.2, 0.25) is 0 Å². The maximum Gasteiger partial charge on any atom is 0.192 e. The summed E-state index contributed by atoms with van der Waals surface area (Å²) >= 11 is 0. The first-order valence-electron chi connectivity index (χ1n) is 9.02. The van der Waals surface area contributed by atoms with Gasteiger partial charge in [-0.3, -0.25) is 0 Å². The molecule has 0 aromatic heterocycles. The summed E-state index contributed by atoms with van der Waals surface area (Å²) in [5.41, 5.74) is 0. The molecule has 4 nitrogen and oxygen atoms in total. The molecular formula is C18H36O4Si. The summed E-state index contributed by atoms with van der Waals surface area (Å²) in [5.74, 6) is -0.539. The van der Waals surface area contributed by atoms with Crippen LogP contribution in [0.5, 0.6) is 0 Å². The molecule has 0 amide bonds. The summed E-state index contributed by atoms with van der Waals surface area (Å²) in [6, 6.07) is 0. The van der Waals surface area contributed by atoms with E-state index in [0.29, 0.717) is 0 Å². The van der Waals surface area contributed by atoms with Crippen molar-refractivity contribution in [2.24, 2.45) is 0 Å². The molecule has 5 heteroatoms. The fraction of sp³-hybridized carbons (Fsp3) is 1.00. The van der Waals surface area contributed by atoms with Gasteiger partial charge in [0.15, 0.2) is 14.1 Å². The van der Waals surface area contributed by atoms with Crippen LogP contribution in [0.4, 0.5) is 0 Å². The molecule has 136 valence electrons. The van der Waals surface area contributed by atoms with Gasteiger partial charge in [-0.2, -0.15) is 0 Å². The van der Waals surface area contributed by atoms with E-state index in [-0.39, 0.29) is 29.5 Å². The molecule has 2 fully saturated rings. The number of hydrogen-bond acceptors (Lipinski definition) is 4. The maximum atomic E-state index is 6.68. The second-order valence-electron chi connectivity index (χ2n) is 9.01. The van der Waals surface area contributed by atoms with Crippen LogP contribution in [-0.4, -0.2) is 45.6 Å². The lowest BCUT2D eigenvalue weighted by molar-refractivity contribution is -0.333. The first-order chi connectivity index (χ1) is 10.5. The molecule has 23 heavy (non-hydrogen) atoms. The molecule has 0 bridgehead atoms. The maximum absolute atomic E-state index is 6.68. The van der Waals surface area contributed by atoms with Gasteiger partial charge in [0.1, 0.15) is 0 Å². The van der Waals surface area contributed by atoms with Crippen LogP contribution < -0.4 is 0 Å². The molecule has 2 heterocycles. The van der Waals surface area contributed by atoms with Gasteiger partial charge >= 0.3 is 0 Å². The van der Waals surface area contributed by atoms with Crippen molar-refractivity contribution in [2.75, 3.05) is 7.11 Å². The molecule has 2 saturated heterocycles. The second kappa shape index (κ2) is 6.75. The van der Waals surface area contributed by atoms with Gasteiger partial charge in [0.25, 0.3) is 0 Å². The lowest BCUT2D eigenvalue weighted by Gasteiger charge is -2.50. The highest BCUT2D eigenvalue weighted by molar-refractivity contribution is 6.74. The Bertz CT molecular complexity index is 402. The number of methoxy groups -OCH3 is 1. The Kier molecular flexibility index (Phi) is 5.69. The van der Waals surface area contributed by atoms with Gasteiger partial charge < -0.3 is 18.6 Å². The quantitative estimate of drug-likeness (QED) is 0.707. The van der Waals surface area contributed by atoms with E-state index in [1.165, 1.54) is 0 Å².